The molecule has 4 heteroatoms. The molecule has 0 fully saturated rings. The zero-order valence-electron chi connectivity index (χ0n) is 13.3. The fourth-order valence-corrected chi connectivity index (χ4v) is 1.38. The summed E-state index contributed by atoms with van der Waals surface area (Å²) in [6.45, 7) is 13.8. The number of nitrogens with one attached hydrogen (secondary N) is 1. The smallest absolute Gasteiger partial charge is 0.220 e. The van der Waals surface area contributed by atoms with Crippen LogP contribution in [0, 0.1) is 11.3 Å². The summed E-state index contributed by atoms with van der Waals surface area (Å²) >= 11 is 0. The molecule has 0 aliphatic rings. The first-order valence-electron chi connectivity index (χ1n) is 7.23. The van der Waals surface area contributed by atoms with E-state index >= 15 is 0 Å². The number of hydrogen-bond acceptors (Lipinski definition) is 3. The Morgan fingerprint density at radius 1 is 1.11 bits per heavy atom. The third-order valence-corrected chi connectivity index (χ3v) is 2.49. The molecule has 0 aromatic carbocycles. The van der Waals surface area contributed by atoms with Gasteiger partial charge in [-0.25, -0.2) is 0 Å². The molecule has 0 aromatic heterocycles. The molecule has 0 saturated heterocycles. The van der Waals surface area contributed by atoms with Crippen molar-refractivity contribution in [3.8, 4) is 0 Å². The highest BCUT2D eigenvalue weighted by Crippen LogP contribution is 2.19. The van der Waals surface area contributed by atoms with Gasteiger partial charge in [0.1, 0.15) is 0 Å². The van der Waals surface area contributed by atoms with Gasteiger partial charge in [-0.05, 0) is 17.8 Å². The van der Waals surface area contributed by atoms with Crippen LogP contribution in [-0.4, -0.2) is 38.9 Å². The second-order valence-corrected chi connectivity index (χ2v) is 6.49. The van der Waals surface area contributed by atoms with Crippen LogP contribution >= 0.6 is 0 Å². The fourth-order valence-electron chi connectivity index (χ4n) is 1.38. The van der Waals surface area contributed by atoms with Crippen molar-refractivity contribution >= 4 is 5.91 Å². The average Bonchev–Trinajstić information content (AvgIpc) is 2.28. The van der Waals surface area contributed by atoms with Crippen LogP contribution < -0.4 is 5.32 Å². The summed E-state index contributed by atoms with van der Waals surface area (Å²) in [5, 5.41) is 2.86. The lowest BCUT2D eigenvalue weighted by atomic mass is 9.90. The standard InChI is InChI=1S/C15H31NO3/c1-13(2)12-19-11-10-18-9-8-16-14(17)6-7-15(3,4)5/h13H,6-12H2,1-5H3,(H,16,17). The van der Waals surface area contributed by atoms with Crippen molar-refractivity contribution in [2.75, 3.05) is 33.0 Å². The predicted molar refractivity (Wildman–Crippen MR) is 78.2 cm³/mol. The highest BCUT2D eigenvalue weighted by molar-refractivity contribution is 5.75. The van der Waals surface area contributed by atoms with Gasteiger partial charge in [-0.2, -0.15) is 0 Å². The van der Waals surface area contributed by atoms with Crippen LogP contribution in [0.5, 0.6) is 0 Å². The Kier molecular flexibility index (Phi) is 9.88. The highest BCUT2D eigenvalue weighted by Gasteiger charge is 2.12. The van der Waals surface area contributed by atoms with E-state index in [9.17, 15) is 4.79 Å². The van der Waals surface area contributed by atoms with E-state index in [0.717, 1.165) is 13.0 Å². The van der Waals surface area contributed by atoms with Crippen molar-refractivity contribution < 1.29 is 14.3 Å². The van der Waals surface area contributed by atoms with Gasteiger partial charge in [0.2, 0.25) is 5.91 Å². The summed E-state index contributed by atoms with van der Waals surface area (Å²) in [6, 6.07) is 0. The van der Waals surface area contributed by atoms with Gasteiger partial charge in [0, 0.05) is 19.6 Å². The Hall–Kier alpha value is -0.610. The summed E-state index contributed by atoms with van der Waals surface area (Å²) in [5.41, 5.74) is 0.210. The Labute approximate surface area is 118 Å². The van der Waals surface area contributed by atoms with Crippen molar-refractivity contribution in [1.82, 2.24) is 5.32 Å². The molecule has 0 aromatic rings. The molecule has 19 heavy (non-hydrogen) atoms. The molecule has 0 atom stereocenters. The zero-order valence-corrected chi connectivity index (χ0v) is 13.3. The summed E-state index contributed by atoms with van der Waals surface area (Å²) in [6.07, 6.45) is 1.49. The van der Waals surface area contributed by atoms with Crippen LogP contribution in [0.4, 0.5) is 0 Å². The minimum atomic E-state index is 0.106. The second kappa shape index (κ2) is 10.2. The molecule has 114 valence electrons. The van der Waals surface area contributed by atoms with Gasteiger partial charge < -0.3 is 14.8 Å². The molecule has 0 unspecified atom stereocenters. The molecule has 4 nitrogen and oxygen atoms in total. The number of carbonyl (C=O) groups excluding carboxylic acids is 1. The number of carbonyl (C=O) groups is 1. The molecular weight excluding hydrogens is 242 g/mol. The minimum Gasteiger partial charge on any atom is -0.379 e. The third-order valence-electron chi connectivity index (χ3n) is 2.49. The molecule has 0 heterocycles. The van der Waals surface area contributed by atoms with Gasteiger partial charge in [-0.15, -0.1) is 0 Å². The first-order valence-corrected chi connectivity index (χ1v) is 7.23. The molecule has 0 aliphatic carbocycles. The molecule has 0 rings (SSSR count). The van der Waals surface area contributed by atoms with Crippen molar-refractivity contribution in [2.45, 2.75) is 47.5 Å². The second-order valence-electron chi connectivity index (χ2n) is 6.49. The van der Waals surface area contributed by atoms with Crippen molar-refractivity contribution in [3.05, 3.63) is 0 Å². The number of amides is 1. The van der Waals surface area contributed by atoms with E-state index < -0.39 is 0 Å². The van der Waals surface area contributed by atoms with Crippen LogP contribution in [-0.2, 0) is 14.3 Å². The summed E-state index contributed by atoms with van der Waals surface area (Å²) in [5.74, 6) is 0.664. The monoisotopic (exact) mass is 273 g/mol. The predicted octanol–water partition coefficient (Wildman–Crippen LogP) is 2.62. The maximum absolute atomic E-state index is 11.5. The van der Waals surface area contributed by atoms with E-state index in [1.807, 2.05) is 0 Å². The van der Waals surface area contributed by atoms with Crippen LogP contribution in [0.2, 0.25) is 0 Å². The van der Waals surface area contributed by atoms with Gasteiger partial charge >= 0.3 is 0 Å². The number of hydrogen-bond donors (Lipinski definition) is 1. The Bertz CT molecular complexity index is 234. The summed E-state index contributed by atoms with van der Waals surface area (Å²) < 4.78 is 10.8. The van der Waals surface area contributed by atoms with Gasteiger partial charge in [0.15, 0.2) is 0 Å². The topological polar surface area (TPSA) is 47.6 Å². The van der Waals surface area contributed by atoms with E-state index in [1.165, 1.54) is 0 Å². The van der Waals surface area contributed by atoms with E-state index in [4.69, 9.17) is 9.47 Å². The fraction of sp³-hybridized carbons (Fsp3) is 0.933. The van der Waals surface area contributed by atoms with Gasteiger partial charge in [-0.1, -0.05) is 34.6 Å². The Balaban J connectivity index is 3.28. The highest BCUT2D eigenvalue weighted by atomic mass is 16.5. The Morgan fingerprint density at radius 3 is 2.32 bits per heavy atom. The van der Waals surface area contributed by atoms with Gasteiger partial charge in [0.05, 0.1) is 19.8 Å². The zero-order chi connectivity index (χ0) is 14.7. The molecular formula is C15H31NO3. The maximum atomic E-state index is 11.5. The van der Waals surface area contributed by atoms with Crippen molar-refractivity contribution in [2.24, 2.45) is 11.3 Å². The van der Waals surface area contributed by atoms with Crippen LogP contribution in [0.3, 0.4) is 0 Å². The van der Waals surface area contributed by atoms with E-state index in [-0.39, 0.29) is 11.3 Å². The quantitative estimate of drug-likeness (QED) is 0.622. The lowest BCUT2D eigenvalue weighted by Crippen LogP contribution is -2.28. The SMILES string of the molecule is CC(C)COCCOCCNC(=O)CCC(C)(C)C. The van der Waals surface area contributed by atoms with Crippen molar-refractivity contribution in [1.29, 1.82) is 0 Å². The summed E-state index contributed by atoms with van der Waals surface area (Å²) in [7, 11) is 0. The lowest BCUT2D eigenvalue weighted by Gasteiger charge is -2.17. The van der Waals surface area contributed by atoms with Crippen LogP contribution in [0.1, 0.15) is 47.5 Å². The third kappa shape index (κ3) is 15.3. The molecule has 1 N–H and O–H groups in total. The van der Waals surface area contributed by atoms with Crippen LogP contribution in [0.15, 0.2) is 0 Å². The average molecular weight is 273 g/mol. The Morgan fingerprint density at radius 2 is 1.74 bits per heavy atom. The van der Waals surface area contributed by atoms with Crippen molar-refractivity contribution in [3.63, 3.8) is 0 Å². The maximum Gasteiger partial charge on any atom is 0.220 e. The normalized spacial score (nSPS) is 11.9. The van der Waals surface area contributed by atoms with E-state index in [1.54, 1.807) is 0 Å². The molecule has 0 radical (unpaired) electrons. The molecule has 0 bridgehead atoms. The largest absolute Gasteiger partial charge is 0.379 e. The molecule has 1 amide bonds. The molecule has 0 aliphatic heterocycles. The summed E-state index contributed by atoms with van der Waals surface area (Å²) in [4.78, 5) is 11.5. The van der Waals surface area contributed by atoms with Gasteiger partial charge in [-0.3, -0.25) is 4.79 Å². The first kappa shape index (κ1) is 18.4. The van der Waals surface area contributed by atoms with Crippen LogP contribution in [0.25, 0.3) is 0 Å². The number of rotatable bonds is 10. The molecule has 0 saturated carbocycles. The first-order chi connectivity index (χ1) is 8.81. The van der Waals surface area contributed by atoms with E-state index in [2.05, 4.69) is 39.9 Å². The van der Waals surface area contributed by atoms with Gasteiger partial charge in [0.25, 0.3) is 0 Å². The minimum absolute atomic E-state index is 0.106. The van der Waals surface area contributed by atoms with E-state index in [0.29, 0.717) is 38.7 Å². The number of ether oxygens (including phenoxy) is 2. The molecule has 0 spiro atoms. The lowest BCUT2D eigenvalue weighted by molar-refractivity contribution is -0.121.